The first-order valence-corrected chi connectivity index (χ1v) is 6.29. The number of hydrogen-bond acceptors (Lipinski definition) is 4. The van der Waals surface area contributed by atoms with Crippen LogP contribution in [0.25, 0.3) is 0 Å². The summed E-state index contributed by atoms with van der Waals surface area (Å²) in [6.07, 6.45) is 2.86. The second kappa shape index (κ2) is 6.38. The van der Waals surface area contributed by atoms with Crippen LogP contribution in [0.4, 0.5) is 5.69 Å². The van der Waals surface area contributed by atoms with E-state index >= 15 is 0 Å². The molecule has 0 bridgehead atoms. The summed E-state index contributed by atoms with van der Waals surface area (Å²) in [6.45, 7) is 3.69. The van der Waals surface area contributed by atoms with E-state index in [9.17, 15) is 14.7 Å². The summed E-state index contributed by atoms with van der Waals surface area (Å²) in [5.41, 5.74) is 4.76. The van der Waals surface area contributed by atoms with Crippen LogP contribution in [0.5, 0.6) is 0 Å². The minimum Gasteiger partial charge on any atom is -0.398 e. The average Bonchev–Trinajstić information content (AvgIpc) is 2.31. The number of nitrogens with zero attached hydrogens (tertiary/aromatic N) is 1. The Hall–Kier alpha value is -1.82. The second-order valence-electron chi connectivity index (χ2n) is 4.95. The highest BCUT2D eigenvalue weighted by molar-refractivity contribution is 5.75. The van der Waals surface area contributed by atoms with E-state index in [1.54, 1.807) is 6.92 Å². The summed E-state index contributed by atoms with van der Waals surface area (Å²) >= 11 is 0. The molecule has 0 aliphatic carbocycles. The lowest BCUT2D eigenvalue weighted by Crippen LogP contribution is -2.42. The van der Waals surface area contributed by atoms with Gasteiger partial charge in [-0.3, -0.25) is 9.59 Å². The van der Waals surface area contributed by atoms with Gasteiger partial charge in [0.25, 0.3) is 5.56 Å². The van der Waals surface area contributed by atoms with Crippen molar-refractivity contribution in [2.45, 2.75) is 38.8 Å². The van der Waals surface area contributed by atoms with Gasteiger partial charge in [0.15, 0.2) is 0 Å². The molecule has 1 aromatic rings. The number of nitrogens with two attached hydrogens (primary N) is 1. The summed E-state index contributed by atoms with van der Waals surface area (Å²) in [5, 5.41) is 12.5. The third kappa shape index (κ3) is 5.13. The molecule has 6 nitrogen and oxygen atoms in total. The molecule has 4 N–H and O–H groups in total. The fourth-order valence-electron chi connectivity index (χ4n) is 1.80. The zero-order valence-corrected chi connectivity index (χ0v) is 11.3. The summed E-state index contributed by atoms with van der Waals surface area (Å²) in [4.78, 5) is 23.2. The molecule has 106 valence electrons. The Kier molecular flexibility index (Phi) is 5.11. The van der Waals surface area contributed by atoms with E-state index in [0.29, 0.717) is 12.1 Å². The monoisotopic (exact) mass is 267 g/mol. The summed E-state index contributed by atoms with van der Waals surface area (Å²) in [5.74, 6) is -0.330. The molecule has 1 aromatic heterocycles. The van der Waals surface area contributed by atoms with Crippen LogP contribution in [0.15, 0.2) is 23.1 Å². The first kappa shape index (κ1) is 15.2. The van der Waals surface area contributed by atoms with Gasteiger partial charge in [0.2, 0.25) is 5.91 Å². The van der Waals surface area contributed by atoms with Crippen LogP contribution >= 0.6 is 0 Å². The largest absolute Gasteiger partial charge is 0.398 e. The number of nitrogen functional groups attached to an aromatic ring is 1. The highest BCUT2D eigenvalue weighted by Gasteiger charge is 2.19. The Balaban J connectivity index is 2.56. The molecule has 0 radical (unpaired) electrons. The van der Waals surface area contributed by atoms with Crippen molar-refractivity contribution >= 4 is 11.6 Å². The van der Waals surface area contributed by atoms with Gasteiger partial charge >= 0.3 is 0 Å². The molecular weight excluding hydrogens is 246 g/mol. The first-order valence-electron chi connectivity index (χ1n) is 6.29. The van der Waals surface area contributed by atoms with Crippen molar-refractivity contribution in [2.75, 3.05) is 12.3 Å². The number of carbonyl (C=O) groups is 1. The number of pyridine rings is 1. The number of rotatable bonds is 6. The van der Waals surface area contributed by atoms with Crippen molar-refractivity contribution in [1.82, 2.24) is 9.88 Å². The van der Waals surface area contributed by atoms with Crippen molar-refractivity contribution in [3.05, 3.63) is 28.7 Å². The molecule has 0 saturated heterocycles. The lowest BCUT2D eigenvalue weighted by atomic mass is 10.0. The quantitative estimate of drug-likeness (QED) is 0.681. The fourth-order valence-corrected chi connectivity index (χ4v) is 1.80. The molecule has 19 heavy (non-hydrogen) atoms. The highest BCUT2D eigenvalue weighted by Crippen LogP contribution is 2.09. The van der Waals surface area contributed by atoms with Crippen LogP contribution in [0, 0.1) is 0 Å². The van der Waals surface area contributed by atoms with Crippen LogP contribution in [0.3, 0.4) is 0 Å². The molecule has 1 amide bonds. The van der Waals surface area contributed by atoms with Crippen molar-refractivity contribution in [1.29, 1.82) is 0 Å². The van der Waals surface area contributed by atoms with Gasteiger partial charge in [-0.15, -0.1) is 0 Å². The van der Waals surface area contributed by atoms with E-state index in [-0.39, 0.29) is 24.6 Å². The summed E-state index contributed by atoms with van der Waals surface area (Å²) < 4.78 is 1.24. The van der Waals surface area contributed by atoms with E-state index in [2.05, 4.69) is 5.32 Å². The maximum atomic E-state index is 11.7. The van der Waals surface area contributed by atoms with Crippen molar-refractivity contribution in [3.63, 3.8) is 0 Å². The smallest absolute Gasteiger partial charge is 0.251 e. The SMILES string of the molecule is CCCC(C)(O)CNC(=O)Cn1cc(N)ccc1=O. The van der Waals surface area contributed by atoms with E-state index < -0.39 is 5.60 Å². The number of nitrogens with one attached hydrogen (secondary N) is 1. The van der Waals surface area contributed by atoms with Gasteiger partial charge in [-0.2, -0.15) is 0 Å². The Bertz CT molecular complexity index is 494. The van der Waals surface area contributed by atoms with E-state index in [1.807, 2.05) is 6.92 Å². The van der Waals surface area contributed by atoms with E-state index in [1.165, 1.54) is 22.9 Å². The van der Waals surface area contributed by atoms with Gasteiger partial charge in [-0.05, 0) is 19.4 Å². The molecule has 0 spiro atoms. The van der Waals surface area contributed by atoms with Crippen molar-refractivity contribution < 1.29 is 9.90 Å². The molecule has 1 atom stereocenters. The van der Waals surface area contributed by atoms with Gasteiger partial charge in [-0.25, -0.2) is 0 Å². The van der Waals surface area contributed by atoms with E-state index in [0.717, 1.165) is 6.42 Å². The molecular formula is C13H21N3O3. The number of hydrogen-bond donors (Lipinski definition) is 3. The Morgan fingerprint density at radius 2 is 2.21 bits per heavy atom. The zero-order chi connectivity index (χ0) is 14.5. The van der Waals surface area contributed by atoms with Gasteiger partial charge < -0.3 is 20.7 Å². The number of amides is 1. The summed E-state index contributed by atoms with van der Waals surface area (Å²) in [7, 11) is 0. The normalized spacial score (nSPS) is 13.8. The number of aliphatic hydroxyl groups is 1. The van der Waals surface area contributed by atoms with E-state index in [4.69, 9.17) is 5.73 Å². The maximum absolute atomic E-state index is 11.7. The Morgan fingerprint density at radius 3 is 2.84 bits per heavy atom. The predicted molar refractivity (Wildman–Crippen MR) is 73.7 cm³/mol. The highest BCUT2D eigenvalue weighted by atomic mass is 16.3. The van der Waals surface area contributed by atoms with Gasteiger partial charge in [-0.1, -0.05) is 13.3 Å². The molecule has 0 aliphatic rings. The molecule has 1 rings (SSSR count). The number of carbonyl (C=O) groups excluding carboxylic acids is 1. The minimum absolute atomic E-state index is 0.105. The average molecular weight is 267 g/mol. The van der Waals surface area contributed by atoms with Crippen molar-refractivity contribution in [3.8, 4) is 0 Å². The molecule has 0 saturated carbocycles. The number of anilines is 1. The molecule has 6 heteroatoms. The first-order chi connectivity index (χ1) is 8.84. The second-order valence-corrected chi connectivity index (χ2v) is 4.95. The Labute approximate surface area is 112 Å². The lowest BCUT2D eigenvalue weighted by Gasteiger charge is -2.23. The Morgan fingerprint density at radius 1 is 1.53 bits per heavy atom. The van der Waals surface area contributed by atoms with Crippen LogP contribution in [-0.2, 0) is 11.3 Å². The lowest BCUT2D eigenvalue weighted by molar-refractivity contribution is -0.122. The zero-order valence-electron chi connectivity index (χ0n) is 11.3. The van der Waals surface area contributed by atoms with Gasteiger partial charge in [0.1, 0.15) is 6.54 Å². The molecule has 0 aromatic carbocycles. The molecule has 0 fully saturated rings. The molecule has 1 unspecified atom stereocenters. The molecule has 1 heterocycles. The van der Waals surface area contributed by atoms with Crippen molar-refractivity contribution in [2.24, 2.45) is 0 Å². The molecule has 0 aliphatic heterocycles. The standard InChI is InChI=1S/C13H21N3O3/c1-3-6-13(2,19)9-15-11(17)8-16-7-10(14)4-5-12(16)18/h4-5,7,19H,3,6,8-9,14H2,1-2H3,(H,15,17). The third-order valence-corrected chi connectivity index (χ3v) is 2.78. The number of aromatic nitrogens is 1. The van der Waals surface area contributed by atoms with Gasteiger partial charge in [0.05, 0.1) is 5.60 Å². The third-order valence-electron chi connectivity index (χ3n) is 2.78. The topological polar surface area (TPSA) is 97.3 Å². The fraction of sp³-hybridized carbons (Fsp3) is 0.538. The van der Waals surface area contributed by atoms with Crippen LogP contribution in [-0.4, -0.2) is 27.7 Å². The predicted octanol–water partition coefficient (Wildman–Crippen LogP) is 0.0978. The van der Waals surface area contributed by atoms with Gasteiger partial charge in [0, 0.05) is 24.5 Å². The maximum Gasteiger partial charge on any atom is 0.251 e. The van der Waals surface area contributed by atoms with Crippen LogP contribution in [0.2, 0.25) is 0 Å². The minimum atomic E-state index is -0.926. The van der Waals surface area contributed by atoms with Crippen LogP contribution < -0.4 is 16.6 Å². The van der Waals surface area contributed by atoms with Crippen LogP contribution in [0.1, 0.15) is 26.7 Å². The summed E-state index contributed by atoms with van der Waals surface area (Å²) in [6, 6.07) is 2.80.